The van der Waals surface area contributed by atoms with Crippen molar-refractivity contribution in [3.8, 4) is 17.0 Å². The van der Waals surface area contributed by atoms with E-state index in [9.17, 15) is 9.59 Å². The summed E-state index contributed by atoms with van der Waals surface area (Å²) in [5, 5.41) is 7.36. The second kappa shape index (κ2) is 8.31. The van der Waals surface area contributed by atoms with Crippen molar-refractivity contribution in [3.63, 3.8) is 0 Å². The summed E-state index contributed by atoms with van der Waals surface area (Å²) in [6.07, 6.45) is 4.05. The molecule has 1 aromatic carbocycles. The van der Waals surface area contributed by atoms with Crippen LogP contribution >= 0.6 is 15.9 Å². The molecule has 3 aromatic heterocycles. The number of halogens is 1. The molecule has 5 heterocycles. The molecule has 0 aliphatic carbocycles. The summed E-state index contributed by atoms with van der Waals surface area (Å²) in [6.45, 7) is 5.04. The topological polar surface area (TPSA) is 99.2 Å². The number of aryl methyl sites for hydroxylation is 2. The summed E-state index contributed by atoms with van der Waals surface area (Å²) in [7, 11) is 3.41. The molecular weight excluding hydrogens is 526 g/mol. The number of carbonyl (C=O) groups is 1. The van der Waals surface area contributed by atoms with Crippen molar-refractivity contribution in [3.05, 3.63) is 57.0 Å². The average molecular weight is 552 g/mol. The minimum absolute atomic E-state index is 0.235. The highest BCUT2D eigenvalue weighted by Gasteiger charge is 2.38. The number of nitrogens with zero attached hydrogens (tertiary/aromatic N) is 6. The molecule has 186 valence electrons. The second-order valence-corrected chi connectivity index (χ2v) is 10.7. The van der Waals surface area contributed by atoms with Gasteiger partial charge in [0.25, 0.3) is 11.5 Å². The van der Waals surface area contributed by atoms with Crippen molar-refractivity contribution in [1.29, 1.82) is 0 Å². The van der Waals surface area contributed by atoms with E-state index in [1.54, 1.807) is 37.2 Å². The summed E-state index contributed by atoms with van der Waals surface area (Å²) in [4.78, 5) is 33.8. The number of amides is 1. The number of hydrogen-bond acceptors (Lipinski definition) is 6. The Balaban J connectivity index is 1.55. The van der Waals surface area contributed by atoms with Crippen LogP contribution in [0.4, 0.5) is 5.95 Å². The maximum absolute atomic E-state index is 13.6. The Kier molecular flexibility index (Phi) is 5.31. The highest BCUT2D eigenvalue weighted by atomic mass is 79.9. The highest BCUT2D eigenvalue weighted by Crippen LogP contribution is 2.37. The third-order valence-electron chi connectivity index (χ3n) is 7.18. The lowest BCUT2D eigenvalue weighted by atomic mass is 10.0. The van der Waals surface area contributed by atoms with Crippen LogP contribution in [-0.2, 0) is 19.6 Å². The molecular formula is C25H26BrN7O3. The van der Waals surface area contributed by atoms with Crippen LogP contribution in [0.15, 0.2) is 45.9 Å². The number of fused-ring (bicyclic) bond motifs is 10. The number of rotatable bonds is 0. The Morgan fingerprint density at radius 2 is 1.97 bits per heavy atom. The molecule has 10 nitrogen and oxygen atoms in total. The minimum atomic E-state index is -0.345. The van der Waals surface area contributed by atoms with E-state index in [1.807, 2.05) is 18.2 Å². The van der Waals surface area contributed by atoms with Crippen LogP contribution in [0.1, 0.15) is 23.7 Å². The second-order valence-electron chi connectivity index (χ2n) is 9.78. The molecule has 2 atom stereocenters. The van der Waals surface area contributed by atoms with Gasteiger partial charge in [0.1, 0.15) is 6.61 Å². The van der Waals surface area contributed by atoms with E-state index in [0.29, 0.717) is 35.1 Å². The Bertz CT molecular complexity index is 1590. The van der Waals surface area contributed by atoms with Crippen molar-refractivity contribution in [2.24, 2.45) is 14.1 Å². The predicted molar refractivity (Wildman–Crippen MR) is 139 cm³/mol. The van der Waals surface area contributed by atoms with E-state index in [4.69, 9.17) is 9.72 Å². The number of anilines is 1. The van der Waals surface area contributed by atoms with Gasteiger partial charge < -0.3 is 13.9 Å². The molecule has 0 spiro atoms. The van der Waals surface area contributed by atoms with Crippen LogP contribution in [-0.4, -0.2) is 60.9 Å². The SMILES string of the molecule is Cn1ncc2c1OCCN1CCC(C)(C1)n1c(nc3ccc(Br)cc31)NC(=O)c1cc-2c(=O)n(C)c1. The van der Waals surface area contributed by atoms with Gasteiger partial charge in [0.05, 0.1) is 39.5 Å². The Morgan fingerprint density at radius 1 is 1.14 bits per heavy atom. The standard InChI is InChI=1S/C25H26BrN7O3/c1-25-6-7-32(14-25)8-9-36-23-18(12-27-31(23)3)17-10-15(13-30(2)22(17)35)21(34)29-24-28-19-5-4-16(26)11-20(19)33(24)25/h4-5,10-13H,6-9,14H2,1-3H3,(H,28,29,34). The number of nitrogens with one attached hydrogen (secondary N) is 1. The van der Waals surface area contributed by atoms with Crippen LogP contribution in [0.25, 0.3) is 22.2 Å². The predicted octanol–water partition coefficient (Wildman–Crippen LogP) is 2.96. The van der Waals surface area contributed by atoms with E-state index in [0.717, 1.165) is 41.6 Å². The number of aromatic nitrogens is 5. The first-order valence-corrected chi connectivity index (χ1v) is 12.6. The molecule has 1 amide bonds. The van der Waals surface area contributed by atoms with E-state index < -0.39 is 0 Å². The molecule has 2 aliphatic heterocycles. The van der Waals surface area contributed by atoms with Gasteiger partial charge in [-0.05, 0) is 37.6 Å². The van der Waals surface area contributed by atoms with Crippen LogP contribution in [0.3, 0.4) is 0 Å². The summed E-state index contributed by atoms with van der Waals surface area (Å²) in [6, 6.07) is 7.53. The maximum Gasteiger partial charge on any atom is 0.259 e. The zero-order valence-electron chi connectivity index (χ0n) is 20.3. The van der Waals surface area contributed by atoms with Crippen molar-refractivity contribution in [1.82, 2.24) is 28.8 Å². The molecule has 1 fully saturated rings. The van der Waals surface area contributed by atoms with Crippen molar-refractivity contribution >= 4 is 38.8 Å². The molecule has 1 saturated heterocycles. The van der Waals surface area contributed by atoms with E-state index >= 15 is 0 Å². The lowest BCUT2D eigenvalue weighted by Crippen LogP contribution is -2.36. The van der Waals surface area contributed by atoms with Crippen LogP contribution in [0.5, 0.6) is 5.88 Å². The number of hydrogen-bond donors (Lipinski definition) is 1. The monoisotopic (exact) mass is 551 g/mol. The largest absolute Gasteiger partial charge is 0.476 e. The fourth-order valence-electron chi connectivity index (χ4n) is 5.35. The minimum Gasteiger partial charge on any atom is -0.476 e. The quantitative estimate of drug-likeness (QED) is 0.360. The molecule has 2 aliphatic rings. The zero-order valence-corrected chi connectivity index (χ0v) is 21.9. The van der Waals surface area contributed by atoms with Gasteiger partial charge in [-0.3, -0.25) is 19.8 Å². The van der Waals surface area contributed by atoms with E-state index in [1.165, 1.54) is 4.57 Å². The van der Waals surface area contributed by atoms with Gasteiger partial charge in [0, 0.05) is 44.4 Å². The van der Waals surface area contributed by atoms with Crippen molar-refractivity contribution in [2.45, 2.75) is 18.9 Å². The Morgan fingerprint density at radius 3 is 2.81 bits per heavy atom. The third kappa shape index (κ3) is 3.65. The first kappa shape index (κ1) is 23.0. The van der Waals surface area contributed by atoms with Gasteiger partial charge in [-0.1, -0.05) is 15.9 Å². The third-order valence-corrected chi connectivity index (χ3v) is 7.67. The molecule has 0 saturated carbocycles. The molecule has 6 rings (SSSR count). The molecule has 4 bridgehead atoms. The van der Waals surface area contributed by atoms with Gasteiger partial charge in [-0.15, -0.1) is 0 Å². The summed E-state index contributed by atoms with van der Waals surface area (Å²) < 4.78 is 12.3. The molecule has 1 N–H and O–H groups in total. The molecule has 4 aromatic rings. The number of carbonyl (C=O) groups excluding carboxylic acids is 1. The molecule has 11 heteroatoms. The molecule has 0 radical (unpaired) electrons. The number of ether oxygens (including phenoxy) is 1. The van der Waals surface area contributed by atoms with Gasteiger partial charge in [0.15, 0.2) is 0 Å². The normalized spacial score (nSPS) is 21.8. The highest BCUT2D eigenvalue weighted by molar-refractivity contribution is 9.10. The lowest BCUT2D eigenvalue weighted by molar-refractivity contribution is 0.102. The van der Waals surface area contributed by atoms with Gasteiger partial charge in [0.2, 0.25) is 11.8 Å². The Labute approximate surface area is 215 Å². The lowest BCUT2D eigenvalue weighted by Gasteiger charge is -2.29. The van der Waals surface area contributed by atoms with Crippen LogP contribution < -0.4 is 15.6 Å². The van der Waals surface area contributed by atoms with E-state index in [2.05, 4.69) is 42.7 Å². The summed E-state index contributed by atoms with van der Waals surface area (Å²) >= 11 is 3.59. The average Bonchev–Trinajstić information content (AvgIpc) is 3.50. The number of imidazole rings is 1. The van der Waals surface area contributed by atoms with Crippen molar-refractivity contribution < 1.29 is 9.53 Å². The first-order valence-electron chi connectivity index (χ1n) is 11.8. The fraction of sp³-hybridized carbons (Fsp3) is 0.360. The Hall–Kier alpha value is -3.44. The van der Waals surface area contributed by atoms with Gasteiger partial charge >= 0.3 is 0 Å². The molecule has 2 unspecified atom stereocenters. The summed E-state index contributed by atoms with van der Waals surface area (Å²) in [5.41, 5.74) is 2.49. The number of benzene rings is 1. The van der Waals surface area contributed by atoms with Crippen LogP contribution in [0, 0.1) is 0 Å². The van der Waals surface area contributed by atoms with Gasteiger partial charge in [-0.2, -0.15) is 5.10 Å². The molecule has 36 heavy (non-hydrogen) atoms. The van der Waals surface area contributed by atoms with Crippen molar-refractivity contribution in [2.75, 3.05) is 31.6 Å². The maximum atomic E-state index is 13.6. The smallest absolute Gasteiger partial charge is 0.259 e. The summed E-state index contributed by atoms with van der Waals surface area (Å²) in [5.74, 6) is 0.647. The fourth-order valence-corrected chi connectivity index (χ4v) is 5.70. The zero-order chi connectivity index (χ0) is 25.2. The first-order chi connectivity index (χ1) is 17.2. The van der Waals surface area contributed by atoms with Gasteiger partial charge in [-0.25, -0.2) is 9.67 Å². The van der Waals surface area contributed by atoms with Crippen LogP contribution in [0.2, 0.25) is 0 Å². The van der Waals surface area contributed by atoms with E-state index in [-0.39, 0.29) is 17.0 Å². The number of pyridine rings is 1.